The van der Waals surface area contributed by atoms with Gasteiger partial charge >= 0.3 is 0 Å². The molecule has 0 aromatic rings. The molecule has 1 aliphatic rings. The second kappa shape index (κ2) is 8.88. The van der Waals surface area contributed by atoms with E-state index in [1.807, 2.05) is 13.8 Å². The lowest BCUT2D eigenvalue weighted by molar-refractivity contribution is -0.120. The number of ketones is 2. The third kappa shape index (κ3) is 7.32. The fourth-order valence-corrected chi connectivity index (χ4v) is 1.35. The van der Waals surface area contributed by atoms with Crippen LogP contribution in [0.2, 0.25) is 0 Å². The van der Waals surface area contributed by atoms with Gasteiger partial charge in [-0.15, -0.1) is 11.6 Å². The quantitative estimate of drug-likeness (QED) is 0.487. The summed E-state index contributed by atoms with van der Waals surface area (Å²) in [5.41, 5.74) is 0. The van der Waals surface area contributed by atoms with Crippen LogP contribution in [-0.2, 0) is 14.3 Å². The third-order valence-electron chi connectivity index (χ3n) is 2.84. The lowest BCUT2D eigenvalue weighted by Gasteiger charge is -2.08. The van der Waals surface area contributed by atoms with Crippen molar-refractivity contribution in [2.24, 2.45) is 11.8 Å². The van der Waals surface area contributed by atoms with E-state index >= 15 is 0 Å². The van der Waals surface area contributed by atoms with Gasteiger partial charge in [-0.2, -0.15) is 0 Å². The van der Waals surface area contributed by atoms with Crippen molar-refractivity contribution in [3.05, 3.63) is 23.7 Å². The summed E-state index contributed by atoms with van der Waals surface area (Å²) in [6, 6.07) is 0. The Morgan fingerprint density at radius 2 is 1.86 bits per heavy atom. The summed E-state index contributed by atoms with van der Waals surface area (Å²) in [5, 5.41) is 8.57. The third-order valence-corrected chi connectivity index (χ3v) is 3.06. The molecule has 1 rings (SSSR count). The SMILES string of the molecule is CC(C)C1=CC(=O)C(C)O1.CC(Cl)C(=O)/C=C(\O)C(C)C. The van der Waals surface area contributed by atoms with E-state index < -0.39 is 5.38 Å². The summed E-state index contributed by atoms with van der Waals surface area (Å²) in [7, 11) is 0. The maximum Gasteiger partial charge on any atom is 0.199 e. The maximum absolute atomic E-state index is 10.9. The van der Waals surface area contributed by atoms with Gasteiger partial charge in [-0.3, -0.25) is 9.59 Å². The molecule has 0 spiro atoms. The molecule has 0 aromatic carbocycles. The van der Waals surface area contributed by atoms with Crippen molar-refractivity contribution in [2.45, 2.75) is 53.0 Å². The van der Waals surface area contributed by atoms with Crippen LogP contribution in [0.3, 0.4) is 0 Å². The van der Waals surface area contributed by atoms with E-state index in [4.69, 9.17) is 21.4 Å². The fraction of sp³-hybridized carbons (Fsp3) is 0.625. The molecule has 1 aliphatic heterocycles. The maximum atomic E-state index is 10.9. The van der Waals surface area contributed by atoms with Crippen molar-refractivity contribution in [2.75, 3.05) is 0 Å². The molecule has 0 fully saturated rings. The molecule has 0 aromatic heterocycles. The Labute approximate surface area is 131 Å². The molecule has 0 amide bonds. The van der Waals surface area contributed by atoms with E-state index in [0.29, 0.717) is 5.92 Å². The van der Waals surface area contributed by atoms with Gasteiger partial charge in [0.2, 0.25) is 0 Å². The van der Waals surface area contributed by atoms with Crippen molar-refractivity contribution in [1.29, 1.82) is 0 Å². The van der Waals surface area contributed by atoms with Gasteiger partial charge in [0.15, 0.2) is 17.7 Å². The molecular weight excluding hydrogens is 292 g/mol. The fourth-order valence-electron chi connectivity index (χ4n) is 1.28. The van der Waals surface area contributed by atoms with Crippen LogP contribution in [-0.4, -0.2) is 28.2 Å². The Bertz CT molecular complexity index is 434. The monoisotopic (exact) mass is 316 g/mol. The van der Waals surface area contributed by atoms with Gasteiger partial charge in [0, 0.05) is 24.0 Å². The number of hydrogen-bond acceptors (Lipinski definition) is 4. The highest BCUT2D eigenvalue weighted by Gasteiger charge is 2.23. The normalized spacial score (nSPS) is 19.9. The van der Waals surface area contributed by atoms with Gasteiger partial charge in [-0.1, -0.05) is 27.7 Å². The smallest absolute Gasteiger partial charge is 0.199 e. The summed E-state index contributed by atoms with van der Waals surface area (Å²) in [4.78, 5) is 21.8. The average molecular weight is 317 g/mol. The topological polar surface area (TPSA) is 63.6 Å². The highest BCUT2D eigenvalue weighted by Crippen LogP contribution is 2.20. The number of aliphatic hydroxyl groups is 1. The van der Waals surface area contributed by atoms with Crippen molar-refractivity contribution in [3.63, 3.8) is 0 Å². The second-order valence-corrected chi connectivity index (χ2v) is 6.26. The first-order valence-electron chi connectivity index (χ1n) is 7.06. The number of alkyl halides is 1. The Kier molecular flexibility index (Phi) is 8.33. The largest absolute Gasteiger partial charge is 0.512 e. The molecule has 0 bridgehead atoms. The Morgan fingerprint density at radius 1 is 1.33 bits per heavy atom. The van der Waals surface area contributed by atoms with Crippen LogP contribution >= 0.6 is 11.6 Å². The molecular formula is C16H25ClO4. The minimum absolute atomic E-state index is 0.0191. The zero-order valence-electron chi connectivity index (χ0n) is 13.5. The Balaban J connectivity index is 0.000000382. The number of ether oxygens (including phenoxy) is 1. The number of halogens is 1. The van der Waals surface area contributed by atoms with Crippen LogP contribution in [0.4, 0.5) is 0 Å². The summed E-state index contributed by atoms with van der Waals surface area (Å²) < 4.78 is 5.25. The zero-order chi connectivity index (χ0) is 16.7. The van der Waals surface area contributed by atoms with Gasteiger partial charge < -0.3 is 9.84 Å². The number of allylic oxidation sites excluding steroid dienone is 3. The number of carbonyl (C=O) groups is 2. The van der Waals surface area contributed by atoms with Gasteiger partial charge in [0.05, 0.1) is 11.1 Å². The van der Waals surface area contributed by atoms with Crippen molar-refractivity contribution in [1.82, 2.24) is 0 Å². The number of rotatable bonds is 4. The van der Waals surface area contributed by atoms with Crippen LogP contribution in [0.25, 0.3) is 0 Å². The molecule has 5 heteroatoms. The molecule has 2 atom stereocenters. The molecule has 1 heterocycles. The summed E-state index contributed by atoms with van der Waals surface area (Å²) >= 11 is 5.47. The molecule has 0 saturated carbocycles. The van der Waals surface area contributed by atoms with Crippen LogP contribution in [0.5, 0.6) is 0 Å². The van der Waals surface area contributed by atoms with E-state index in [2.05, 4.69) is 0 Å². The lowest BCUT2D eigenvalue weighted by Crippen LogP contribution is -2.10. The number of carbonyl (C=O) groups excluding carboxylic acids is 2. The summed E-state index contributed by atoms with van der Waals surface area (Å²) in [6.07, 6.45) is 2.52. The van der Waals surface area contributed by atoms with Gasteiger partial charge in [-0.25, -0.2) is 0 Å². The minimum Gasteiger partial charge on any atom is -0.512 e. The van der Waals surface area contributed by atoms with E-state index in [9.17, 15) is 9.59 Å². The lowest BCUT2D eigenvalue weighted by atomic mass is 10.1. The van der Waals surface area contributed by atoms with Crippen molar-refractivity contribution in [3.8, 4) is 0 Å². The van der Waals surface area contributed by atoms with E-state index in [-0.39, 0.29) is 29.3 Å². The van der Waals surface area contributed by atoms with E-state index in [1.165, 1.54) is 6.08 Å². The molecule has 120 valence electrons. The highest BCUT2D eigenvalue weighted by molar-refractivity contribution is 6.32. The number of aliphatic hydroxyl groups excluding tert-OH is 1. The minimum atomic E-state index is -0.559. The molecule has 0 saturated heterocycles. The predicted molar refractivity (Wildman–Crippen MR) is 84.3 cm³/mol. The first kappa shape index (κ1) is 19.7. The molecule has 1 N–H and O–H groups in total. The van der Waals surface area contributed by atoms with Crippen LogP contribution in [0.1, 0.15) is 41.5 Å². The Hall–Kier alpha value is -1.29. The first-order valence-corrected chi connectivity index (χ1v) is 7.50. The molecule has 0 radical (unpaired) electrons. The predicted octanol–water partition coefficient (Wildman–Crippen LogP) is 3.79. The molecule has 2 unspecified atom stereocenters. The molecule has 4 nitrogen and oxygen atoms in total. The highest BCUT2D eigenvalue weighted by atomic mass is 35.5. The average Bonchev–Trinajstić information content (AvgIpc) is 2.70. The second-order valence-electron chi connectivity index (χ2n) is 5.61. The van der Waals surface area contributed by atoms with Crippen LogP contribution in [0.15, 0.2) is 23.7 Å². The Morgan fingerprint density at radius 3 is 2.10 bits per heavy atom. The van der Waals surface area contributed by atoms with Gasteiger partial charge in [-0.05, 0) is 13.8 Å². The van der Waals surface area contributed by atoms with Gasteiger partial charge in [0.25, 0.3) is 0 Å². The number of hydrogen-bond donors (Lipinski definition) is 1. The van der Waals surface area contributed by atoms with E-state index in [1.54, 1.807) is 33.8 Å². The van der Waals surface area contributed by atoms with Crippen molar-refractivity contribution >= 4 is 23.2 Å². The van der Waals surface area contributed by atoms with Crippen molar-refractivity contribution < 1.29 is 19.4 Å². The molecule has 0 aliphatic carbocycles. The summed E-state index contributed by atoms with van der Waals surface area (Å²) in [5.74, 6) is 1.05. The standard InChI is InChI=1S/C8H13ClO2.C8H12O2/c1-5(2)7(10)4-8(11)6(3)9;1-5(2)8-4-7(9)6(3)10-8/h4-6,10H,1-3H3;4-6H,1-3H3/b7-4-;. The van der Waals surface area contributed by atoms with Crippen LogP contribution < -0.4 is 0 Å². The first-order chi connectivity index (χ1) is 9.56. The zero-order valence-corrected chi connectivity index (χ0v) is 14.3. The molecule has 21 heavy (non-hydrogen) atoms. The van der Waals surface area contributed by atoms with Gasteiger partial charge in [0.1, 0.15) is 5.76 Å². The summed E-state index contributed by atoms with van der Waals surface area (Å²) in [6.45, 7) is 11.0. The van der Waals surface area contributed by atoms with E-state index in [0.717, 1.165) is 5.76 Å². The van der Waals surface area contributed by atoms with Crippen LogP contribution in [0, 0.1) is 11.8 Å².